The fourth-order valence-electron chi connectivity index (χ4n) is 3.39. The van der Waals surface area contributed by atoms with Crippen molar-refractivity contribution in [1.82, 2.24) is 9.71 Å². The van der Waals surface area contributed by atoms with Gasteiger partial charge in [-0.25, -0.2) is 4.98 Å². The number of nitrogens with zero attached hydrogens (tertiary/aromatic N) is 3. The zero-order valence-corrected chi connectivity index (χ0v) is 18.5. The average Bonchev–Trinajstić information content (AvgIpc) is 3.16. The lowest BCUT2D eigenvalue weighted by atomic mass is 9.64. The third-order valence-corrected chi connectivity index (χ3v) is 5.72. The van der Waals surface area contributed by atoms with E-state index in [2.05, 4.69) is 10.1 Å². The first-order valence-corrected chi connectivity index (χ1v) is 10.9. The summed E-state index contributed by atoms with van der Waals surface area (Å²) in [6.45, 7) is 1.06. The van der Waals surface area contributed by atoms with Gasteiger partial charge in [-0.15, -0.1) is 11.3 Å². The summed E-state index contributed by atoms with van der Waals surface area (Å²) in [6.07, 6.45) is 1.50. The first-order chi connectivity index (χ1) is 15.6. The molecule has 1 saturated heterocycles. The van der Waals surface area contributed by atoms with Crippen molar-refractivity contribution in [3.05, 3.63) is 39.3 Å². The minimum atomic E-state index is -1.21. The van der Waals surface area contributed by atoms with Gasteiger partial charge < -0.3 is 30.6 Å². The quantitative estimate of drug-likeness (QED) is 0.173. The van der Waals surface area contributed by atoms with Gasteiger partial charge in [0.05, 0.1) is 6.20 Å². The molecule has 12 nitrogen and oxygen atoms in total. The summed E-state index contributed by atoms with van der Waals surface area (Å²) in [6, 6.07) is 0.959. The molecule has 2 aromatic rings. The van der Waals surface area contributed by atoms with Crippen LogP contribution < -0.4 is 11.2 Å². The Kier molecular flexibility index (Phi) is 7.84. The van der Waals surface area contributed by atoms with Crippen LogP contribution in [0.25, 0.3) is 0 Å². The van der Waals surface area contributed by atoms with E-state index in [1.807, 2.05) is 0 Å². The first kappa shape index (κ1) is 24.4. The third-order valence-electron chi connectivity index (χ3n) is 5.04. The number of anilines is 1. The second-order valence-corrected chi connectivity index (χ2v) is 8.55. The molecule has 0 bridgehead atoms. The molecule has 14 heteroatoms. The van der Waals surface area contributed by atoms with Gasteiger partial charge in [0.2, 0.25) is 5.43 Å². The van der Waals surface area contributed by atoms with E-state index in [1.165, 1.54) is 12.3 Å². The van der Waals surface area contributed by atoms with Gasteiger partial charge in [0.25, 0.3) is 0 Å². The minimum absolute atomic E-state index is 0.0150. The molecule has 3 heterocycles. The number of pyridine rings is 1. The van der Waals surface area contributed by atoms with Gasteiger partial charge in [-0.2, -0.15) is 4.73 Å². The summed E-state index contributed by atoms with van der Waals surface area (Å²) in [4.78, 5) is 45.1. The largest absolute Gasteiger partial charge is 0.503 e. The monoisotopic (exact) mass is 478 g/mol. The van der Waals surface area contributed by atoms with Gasteiger partial charge in [0.15, 0.2) is 29.0 Å². The van der Waals surface area contributed by atoms with Crippen LogP contribution in [0, 0.1) is 0 Å². The molecule has 2 atom stereocenters. The standard InChI is InChI=1S/C19H23BN4O8S/c1-10(25)4-13-3-2-11(20(29)32-13)5-16(27)18(14-9-33-19(21)22-14)23-31-8-12-6-15(26)17(28)7-24(12)30/h6-7,9,11,13,28-30H,2-5,8H2,1H3,(H2,21,22)/b23-18+/t11-,13?/m1/s1. The van der Waals surface area contributed by atoms with Crippen LogP contribution in [-0.4, -0.2) is 55.6 Å². The van der Waals surface area contributed by atoms with E-state index in [-0.39, 0.29) is 53.6 Å². The predicted molar refractivity (Wildman–Crippen MR) is 118 cm³/mol. The van der Waals surface area contributed by atoms with E-state index in [4.69, 9.17) is 15.2 Å². The predicted octanol–water partition coefficient (Wildman–Crippen LogP) is 0.719. The molecule has 0 amide bonds. The minimum Gasteiger partial charge on any atom is -0.503 e. The molecule has 1 aliphatic rings. The fourth-order valence-corrected chi connectivity index (χ4v) is 3.94. The van der Waals surface area contributed by atoms with Gasteiger partial charge in [0, 0.05) is 36.2 Å². The average molecular weight is 478 g/mol. The zero-order valence-electron chi connectivity index (χ0n) is 17.7. The zero-order chi connectivity index (χ0) is 24.1. The number of thiazole rings is 1. The Bertz CT molecular complexity index is 1120. The number of Topliss-reactive ketones (excluding diaryl/α,β-unsaturated/α-hetero) is 2. The van der Waals surface area contributed by atoms with E-state index in [9.17, 15) is 29.7 Å². The fraction of sp³-hybridized carbons (Fsp3) is 0.421. The van der Waals surface area contributed by atoms with Gasteiger partial charge in [-0.1, -0.05) is 5.16 Å². The Morgan fingerprint density at radius 1 is 1.42 bits per heavy atom. The number of aromatic hydroxyl groups is 1. The molecular formula is C19H23BN4O8S. The normalized spacial score (nSPS) is 18.8. The van der Waals surface area contributed by atoms with Crippen molar-refractivity contribution in [2.45, 2.75) is 51.1 Å². The van der Waals surface area contributed by atoms with Crippen LogP contribution in [0.15, 0.2) is 27.6 Å². The van der Waals surface area contributed by atoms with Crippen molar-refractivity contribution in [2.75, 3.05) is 5.73 Å². The van der Waals surface area contributed by atoms with Crippen molar-refractivity contribution < 1.29 is 34.4 Å². The number of nitrogen functional groups attached to an aromatic ring is 1. The summed E-state index contributed by atoms with van der Waals surface area (Å²) in [5.74, 6) is -1.68. The lowest BCUT2D eigenvalue weighted by molar-refractivity contribution is -0.119. The maximum atomic E-state index is 13.0. The summed E-state index contributed by atoms with van der Waals surface area (Å²) in [5, 5.41) is 35.0. The Hall–Kier alpha value is -3.23. The molecule has 2 aromatic heterocycles. The molecule has 0 spiro atoms. The van der Waals surface area contributed by atoms with Crippen LogP contribution >= 0.6 is 11.3 Å². The SMILES string of the molecule is CC(=O)CC1CC[C@H](CC(=O)/C(=N/OCc2cc(=O)c(O)cn2O)c2csc(N)n2)B(O)O1. The van der Waals surface area contributed by atoms with Crippen LogP contribution in [0.4, 0.5) is 5.13 Å². The molecule has 3 rings (SSSR count). The summed E-state index contributed by atoms with van der Waals surface area (Å²) < 4.78 is 5.97. The number of nitrogens with two attached hydrogens (primary N) is 1. The molecule has 0 aliphatic carbocycles. The molecule has 1 unspecified atom stereocenters. The van der Waals surface area contributed by atoms with Gasteiger partial charge in [0.1, 0.15) is 17.2 Å². The van der Waals surface area contributed by atoms with E-state index in [0.29, 0.717) is 17.6 Å². The lowest BCUT2D eigenvalue weighted by Gasteiger charge is -2.30. The number of oxime groups is 1. The van der Waals surface area contributed by atoms with Crippen LogP contribution in [0.5, 0.6) is 5.75 Å². The van der Waals surface area contributed by atoms with Crippen molar-refractivity contribution in [3.63, 3.8) is 0 Å². The summed E-state index contributed by atoms with van der Waals surface area (Å²) in [7, 11) is -1.21. The van der Waals surface area contributed by atoms with E-state index in [1.54, 1.807) is 0 Å². The number of carbonyl (C=O) groups excluding carboxylic acids is 2. The van der Waals surface area contributed by atoms with Crippen LogP contribution in [0.1, 0.15) is 44.0 Å². The Morgan fingerprint density at radius 2 is 2.18 bits per heavy atom. The molecule has 5 N–H and O–H groups in total. The number of aromatic nitrogens is 2. The molecule has 0 saturated carbocycles. The summed E-state index contributed by atoms with van der Waals surface area (Å²) in [5.41, 5.74) is 4.96. The molecule has 176 valence electrons. The van der Waals surface area contributed by atoms with Gasteiger partial charge in [-0.3, -0.25) is 14.4 Å². The maximum absolute atomic E-state index is 13.0. The highest BCUT2D eigenvalue weighted by molar-refractivity contribution is 7.13. The van der Waals surface area contributed by atoms with Crippen molar-refractivity contribution >= 4 is 40.9 Å². The maximum Gasteiger partial charge on any atom is 0.458 e. The number of carbonyl (C=O) groups is 2. The van der Waals surface area contributed by atoms with E-state index in [0.717, 1.165) is 23.6 Å². The number of ketones is 2. The molecule has 0 radical (unpaired) electrons. The molecule has 0 aromatic carbocycles. The molecule has 33 heavy (non-hydrogen) atoms. The molecule has 1 aliphatic heterocycles. The molecule has 1 fully saturated rings. The highest BCUT2D eigenvalue weighted by Crippen LogP contribution is 2.31. The number of hydrogen-bond acceptors (Lipinski definition) is 12. The van der Waals surface area contributed by atoms with Gasteiger partial charge >= 0.3 is 7.12 Å². The van der Waals surface area contributed by atoms with Crippen molar-refractivity contribution in [2.24, 2.45) is 5.16 Å². The Balaban J connectivity index is 1.72. The number of hydrogen-bond donors (Lipinski definition) is 4. The highest BCUT2D eigenvalue weighted by atomic mass is 32.1. The Morgan fingerprint density at radius 3 is 2.82 bits per heavy atom. The number of rotatable bonds is 9. The van der Waals surface area contributed by atoms with Gasteiger partial charge in [-0.05, 0) is 19.8 Å². The first-order valence-electron chi connectivity index (χ1n) is 10.0. The highest BCUT2D eigenvalue weighted by Gasteiger charge is 2.37. The van der Waals surface area contributed by atoms with Crippen LogP contribution in [0.3, 0.4) is 0 Å². The second-order valence-electron chi connectivity index (χ2n) is 7.66. The molecular weight excluding hydrogens is 455 g/mol. The third kappa shape index (κ3) is 6.40. The van der Waals surface area contributed by atoms with E-state index < -0.39 is 29.9 Å². The topological polar surface area (TPSA) is 187 Å². The smallest absolute Gasteiger partial charge is 0.458 e. The Labute approximate surface area is 192 Å². The summed E-state index contributed by atoms with van der Waals surface area (Å²) >= 11 is 1.10. The van der Waals surface area contributed by atoms with Crippen molar-refractivity contribution in [3.8, 4) is 5.75 Å². The van der Waals surface area contributed by atoms with Crippen LogP contribution in [0.2, 0.25) is 5.82 Å². The van der Waals surface area contributed by atoms with Crippen molar-refractivity contribution in [1.29, 1.82) is 0 Å². The van der Waals surface area contributed by atoms with Crippen LogP contribution in [-0.2, 0) is 25.7 Å². The van der Waals surface area contributed by atoms with E-state index >= 15 is 0 Å². The second kappa shape index (κ2) is 10.6. The lowest BCUT2D eigenvalue weighted by Crippen LogP contribution is -2.38.